The van der Waals surface area contributed by atoms with Crippen LogP contribution in [0.2, 0.25) is 5.02 Å². The van der Waals surface area contributed by atoms with Gasteiger partial charge in [-0.05, 0) is 12.5 Å². The third kappa shape index (κ3) is 2.41. The van der Waals surface area contributed by atoms with Crippen LogP contribution in [0.5, 0.6) is 0 Å². The van der Waals surface area contributed by atoms with Crippen molar-refractivity contribution in [2.24, 2.45) is 7.05 Å². The third-order valence-corrected chi connectivity index (χ3v) is 3.08. The molecule has 0 saturated carbocycles. The maximum Gasteiger partial charge on any atom is 0.206 e. The molecule has 0 radical (unpaired) electrons. The third-order valence-electron chi connectivity index (χ3n) is 2.65. The van der Waals surface area contributed by atoms with Crippen molar-refractivity contribution in [3.8, 4) is 0 Å². The van der Waals surface area contributed by atoms with E-state index in [9.17, 15) is 4.79 Å². The monoisotopic (exact) mass is 264 g/mol. The SMILES string of the molecule is CCc1nn(C)c(CC(=O)c2ncccn2)c1Cl. The van der Waals surface area contributed by atoms with Gasteiger partial charge in [0.1, 0.15) is 0 Å². The fourth-order valence-electron chi connectivity index (χ4n) is 1.69. The lowest BCUT2D eigenvalue weighted by Gasteiger charge is -2.01. The Labute approximate surface area is 110 Å². The lowest BCUT2D eigenvalue weighted by molar-refractivity contribution is 0.0980. The Morgan fingerprint density at radius 2 is 2.06 bits per heavy atom. The number of carbonyl (C=O) groups excluding carboxylic acids is 1. The van der Waals surface area contributed by atoms with E-state index < -0.39 is 0 Å². The Morgan fingerprint density at radius 1 is 1.39 bits per heavy atom. The molecule has 0 saturated heterocycles. The maximum absolute atomic E-state index is 12.0. The van der Waals surface area contributed by atoms with Gasteiger partial charge in [0.05, 0.1) is 22.8 Å². The van der Waals surface area contributed by atoms with Gasteiger partial charge in [-0.2, -0.15) is 5.10 Å². The summed E-state index contributed by atoms with van der Waals surface area (Å²) in [6.07, 6.45) is 3.99. The van der Waals surface area contributed by atoms with Crippen LogP contribution in [-0.4, -0.2) is 25.5 Å². The zero-order valence-electron chi connectivity index (χ0n) is 10.2. The largest absolute Gasteiger partial charge is 0.290 e. The molecule has 0 amide bonds. The molecule has 94 valence electrons. The van der Waals surface area contributed by atoms with E-state index in [1.54, 1.807) is 30.2 Å². The maximum atomic E-state index is 12.0. The molecule has 18 heavy (non-hydrogen) atoms. The van der Waals surface area contributed by atoms with Crippen LogP contribution in [0.25, 0.3) is 0 Å². The van der Waals surface area contributed by atoms with Gasteiger partial charge in [-0.25, -0.2) is 9.97 Å². The van der Waals surface area contributed by atoms with E-state index in [4.69, 9.17) is 11.6 Å². The van der Waals surface area contributed by atoms with Crippen molar-refractivity contribution in [3.05, 3.63) is 40.7 Å². The number of nitrogens with zero attached hydrogens (tertiary/aromatic N) is 4. The topological polar surface area (TPSA) is 60.7 Å². The summed E-state index contributed by atoms with van der Waals surface area (Å²) in [5.74, 6) is 0.0379. The van der Waals surface area contributed by atoms with E-state index in [1.165, 1.54) is 0 Å². The Hall–Kier alpha value is -1.75. The molecule has 5 nitrogen and oxygen atoms in total. The summed E-state index contributed by atoms with van der Waals surface area (Å²) in [7, 11) is 1.78. The number of aromatic nitrogens is 4. The van der Waals surface area contributed by atoms with Crippen LogP contribution >= 0.6 is 11.6 Å². The quantitative estimate of drug-likeness (QED) is 0.791. The van der Waals surface area contributed by atoms with E-state index in [-0.39, 0.29) is 18.0 Å². The summed E-state index contributed by atoms with van der Waals surface area (Å²) >= 11 is 6.18. The molecule has 6 heteroatoms. The first-order valence-electron chi connectivity index (χ1n) is 5.64. The number of Topliss-reactive ketones (excluding diaryl/α,β-unsaturated/α-hetero) is 1. The number of ketones is 1. The van der Waals surface area contributed by atoms with Crippen LogP contribution in [0.15, 0.2) is 18.5 Å². The zero-order chi connectivity index (χ0) is 13.1. The van der Waals surface area contributed by atoms with Crippen molar-refractivity contribution in [1.29, 1.82) is 0 Å². The van der Waals surface area contributed by atoms with Crippen molar-refractivity contribution >= 4 is 17.4 Å². The minimum atomic E-state index is -0.164. The van der Waals surface area contributed by atoms with Gasteiger partial charge in [-0.15, -0.1) is 0 Å². The number of aryl methyl sites for hydroxylation is 2. The molecule has 0 aliphatic rings. The molecule has 0 spiro atoms. The predicted octanol–water partition coefficient (Wildman–Crippen LogP) is 1.85. The van der Waals surface area contributed by atoms with Crippen LogP contribution in [0.3, 0.4) is 0 Å². The molecule has 2 aromatic rings. The molecular weight excluding hydrogens is 252 g/mol. The molecular formula is C12H13ClN4O. The first-order chi connectivity index (χ1) is 8.63. The van der Waals surface area contributed by atoms with Crippen LogP contribution in [0.1, 0.15) is 28.9 Å². The number of rotatable bonds is 4. The van der Waals surface area contributed by atoms with E-state index in [0.717, 1.165) is 12.1 Å². The second kappa shape index (κ2) is 5.27. The normalized spacial score (nSPS) is 10.6. The summed E-state index contributed by atoms with van der Waals surface area (Å²) in [6, 6.07) is 1.67. The predicted molar refractivity (Wildman–Crippen MR) is 67.7 cm³/mol. The van der Waals surface area contributed by atoms with Gasteiger partial charge < -0.3 is 0 Å². The van der Waals surface area contributed by atoms with Gasteiger partial charge in [0, 0.05) is 19.4 Å². The Bertz CT molecular complexity index is 565. The molecule has 0 bridgehead atoms. The van der Waals surface area contributed by atoms with Crippen molar-refractivity contribution in [2.75, 3.05) is 0 Å². The fraction of sp³-hybridized carbons (Fsp3) is 0.333. The van der Waals surface area contributed by atoms with E-state index in [1.807, 2.05) is 6.92 Å². The minimum Gasteiger partial charge on any atom is -0.290 e. The van der Waals surface area contributed by atoms with Crippen LogP contribution in [0.4, 0.5) is 0 Å². The fourth-order valence-corrected chi connectivity index (χ4v) is 2.05. The van der Waals surface area contributed by atoms with E-state index >= 15 is 0 Å². The first-order valence-corrected chi connectivity index (χ1v) is 6.01. The molecule has 0 aliphatic carbocycles. The first kappa shape index (κ1) is 12.7. The molecule has 0 N–H and O–H groups in total. The summed E-state index contributed by atoms with van der Waals surface area (Å²) < 4.78 is 1.64. The van der Waals surface area contributed by atoms with Crippen LogP contribution in [-0.2, 0) is 19.9 Å². The van der Waals surface area contributed by atoms with Crippen LogP contribution in [0, 0.1) is 0 Å². The Morgan fingerprint density at radius 3 is 2.61 bits per heavy atom. The van der Waals surface area contributed by atoms with Crippen molar-refractivity contribution in [3.63, 3.8) is 0 Å². The van der Waals surface area contributed by atoms with Gasteiger partial charge in [-0.3, -0.25) is 9.48 Å². The molecule has 0 fully saturated rings. The average Bonchev–Trinajstić information content (AvgIpc) is 2.67. The van der Waals surface area contributed by atoms with Crippen molar-refractivity contribution in [2.45, 2.75) is 19.8 Å². The average molecular weight is 265 g/mol. The highest BCUT2D eigenvalue weighted by molar-refractivity contribution is 6.32. The number of hydrogen-bond donors (Lipinski definition) is 0. The molecule has 2 aromatic heterocycles. The summed E-state index contributed by atoms with van der Waals surface area (Å²) in [4.78, 5) is 19.8. The standard InChI is InChI=1S/C12H13ClN4O/c1-3-8-11(13)9(17(2)16-8)7-10(18)12-14-5-4-6-15-12/h4-6H,3,7H2,1-2H3. The smallest absolute Gasteiger partial charge is 0.206 e. The minimum absolute atomic E-state index is 0.159. The highest BCUT2D eigenvalue weighted by Crippen LogP contribution is 2.21. The van der Waals surface area contributed by atoms with Gasteiger partial charge in [0.25, 0.3) is 0 Å². The summed E-state index contributed by atoms with van der Waals surface area (Å²) in [5.41, 5.74) is 1.50. The number of carbonyl (C=O) groups is 1. The Balaban J connectivity index is 2.25. The lowest BCUT2D eigenvalue weighted by atomic mass is 10.2. The molecule has 2 heterocycles. The van der Waals surface area contributed by atoms with Gasteiger partial charge in [0.2, 0.25) is 5.78 Å². The van der Waals surface area contributed by atoms with Gasteiger partial charge in [0.15, 0.2) is 5.82 Å². The van der Waals surface area contributed by atoms with Crippen molar-refractivity contribution < 1.29 is 4.79 Å². The summed E-state index contributed by atoms with van der Waals surface area (Å²) in [6.45, 7) is 1.97. The second-order valence-electron chi connectivity index (χ2n) is 3.86. The van der Waals surface area contributed by atoms with Crippen LogP contribution < -0.4 is 0 Å². The van der Waals surface area contributed by atoms with Crippen molar-refractivity contribution in [1.82, 2.24) is 19.7 Å². The highest BCUT2D eigenvalue weighted by atomic mass is 35.5. The van der Waals surface area contributed by atoms with Gasteiger partial charge in [-0.1, -0.05) is 18.5 Å². The number of hydrogen-bond acceptors (Lipinski definition) is 4. The second-order valence-corrected chi connectivity index (χ2v) is 4.23. The zero-order valence-corrected chi connectivity index (χ0v) is 11.0. The molecule has 2 rings (SSSR count). The molecule has 0 atom stereocenters. The molecule has 0 unspecified atom stereocenters. The molecule has 0 aliphatic heterocycles. The highest BCUT2D eigenvalue weighted by Gasteiger charge is 2.18. The lowest BCUT2D eigenvalue weighted by Crippen LogP contribution is -2.11. The number of halogens is 1. The van der Waals surface area contributed by atoms with E-state index in [0.29, 0.717) is 10.7 Å². The Kier molecular flexibility index (Phi) is 3.72. The van der Waals surface area contributed by atoms with Gasteiger partial charge >= 0.3 is 0 Å². The molecule has 0 aromatic carbocycles. The van der Waals surface area contributed by atoms with E-state index in [2.05, 4.69) is 15.1 Å². The summed E-state index contributed by atoms with van der Waals surface area (Å²) in [5, 5.41) is 4.83.